The fraction of sp³-hybridized carbons (Fsp3) is 0.258. The van der Waals surface area contributed by atoms with Crippen molar-refractivity contribution < 1.29 is 14.4 Å². The average Bonchev–Trinajstić information content (AvgIpc) is 3.20. The van der Waals surface area contributed by atoms with E-state index in [9.17, 15) is 14.4 Å². The third kappa shape index (κ3) is 3.93. The highest BCUT2D eigenvalue weighted by molar-refractivity contribution is 6.59. The Hall–Kier alpha value is -3.45. The number of benzene rings is 3. The van der Waals surface area contributed by atoms with Crippen LogP contribution in [0.25, 0.3) is 0 Å². The van der Waals surface area contributed by atoms with Gasteiger partial charge in [0.15, 0.2) is 0 Å². The van der Waals surface area contributed by atoms with Crippen molar-refractivity contribution in [1.82, 2.24) is 10.0 Å². The maximum Gasteiger partial charge on any atom is 0.278 e. The quantitative estimate of drug-likeness (QED) is 0.318. The van der Waals surface area contributed by atoms with Gasteiger partial charge in [0, 0.05) is 37.5 Å². The second-order valence-electron chi connectivity index (χ2n) is 10.4. The number of hydrogen-bond donors (Lipinski definition) is 0. The van der Waals surface area contributed by atoms with Crippen molar-refractivity contribution in [3.63, 3.8) is 0 Å². The molecule has 8 heteroatoms. The number of amides is 3. The SMILES string of the molecule is CN(C)N1C(=O)C(Cl)(Cl)[C@H](c2ccccc2)[C@@H]2C1=C[C@H](c1ccccc1)[C@H]1C(=O)N(c3ccccc3)C(=O)[C@@H]21. The average molecular weight is 560 g/mol. The maximum absolute atomic E-state index is 14.4. The fourth-order valence-electron chi connectivity index (χ4n) is 6.56. The first-order valence-electron chi connectivity index (χ1n) is 12.9. The highest BCUT2D eigenvalue weighted by Gasteiger charge is 2.66. The van der Waals surface area contributed by atoms with Crippen LogP contribution in [0, 0.1) is 17.8 Å². The van der Waals surface area contributed by atoms with E-state index in [1.165, 1.54) is 9.91 Å². The maximum atomic E-state index is 14.4. The minimum atomic E-state index is -1.87. The van der Waals surface area contributed by atoms with E-state index in [4.69, 9.17) is 23.2 Å². The molecule has 0 N–H and O–H groups in total. The molecule has 3 aromatic carbocycles. The molecule has 3 aromatic rings. The number of rotatable bonds is 4. The van der Waals surface area contributed by atoms with Crippen LogP contribution in [0.3, 0.4) is 0 Å². The van der Waals surface area contributed by atoms with Gasteiger partial charge >= 0.3 is 0 Å². The number of halogens is 2. The van der Waals surface area contributed by atoms with E-state index < -0.39 is 39.8 Å². The Morgan fingerprint density at radius 3 is 1.77 bits per heavy atom. The van der Waals surface area contributed by atoms with Crippen LogP contribution in [0.15, 0.2) is 103 Å². The molecule has 0 radical (unpaired) electrons. The van der Waals surface area contributed by atoms with Crippen molar-refractivity contribution in [2.24, 2.45) is 17.8 Å². The Morgan fingerprint density at radius 2 is 1.21 bits per heavy atom. The van der Waals surface area contributed by atoms with Gasteiger partial charge in [-0.1, -0.05) is 108 Å². The number of fused-ring (bicyclic) bond motifs is 3. The number of alkyl halides is 2. The third-order valence-electron chi connectivity index (χ3n) is 8.09. The van der Waals surface area contributed by atoms with Crippen LogP contribution in [0.4, 0.5) is 5.69 Å². The van der Waals surface area contributed by atoms with E-state index in [0.29, 0.717) is 11.4 Å². The van der Waals surface area contributed by atoms with E-state index in [-0.39, 0.29) is 11.8 Å². The predicted octanol–water partition coefficient (Wildman–Crippen LogP) is 5.37. The molecule has 6 nitrogen and oxygen atoms in total. The molecule has 1 aliphatic carbocycles. The van der Waals surface area contributed by atoms with Crippen molar-refractivity contribution in [3.8, 4) is 0 Å². The molecule has 198 valence electrons. The molecule has 2 aliphatic heterocycles. The van der Waals surface area contributed by atoms with Crippen molar-refractivity contribution >= 4 is 46.6 Å². The molecule has 3 amide bonds. The fourth-order valence-corrected chi connectivity index (χ4v) is 7.24. The lowest BCUT2D eigenvalue weighted by Crippen LogP contribution is -2.61. The molecule has 3 aliphatic rings. The highest BCUT2D eigenvalue weighted by atomic mass is 35.5. The number of carbonyl (C=O) groups excluding carboxylic acids is 3. The van der Waals surface area contributed by atoms with Gasteiger partial charge in [-0.2, -0.15) is 0 Å². The van der Waals surface area contributed by atoms with Crippen molar-refractivity contribution in [3.05, 3.63) is 114 Å². The molecule has 5 atom stereocenters. The predicted molar refractivity (Wildman–Crippen MR) is 151 cm³/mol. The molecule has 0 saturated carbocycles. The van der Waals surface area contributed by atoms with Crippen LogP contribution in [0.1, 0.15) is 23.0 Å². The summed E-state index contributed by atoms with van der Waals surface area (Å²) in [5.74, 6) is -4.37. The van der Waals surface area contributed by atoms with Crippen LogP contribution in [0.2, 0.25) is 0 Å². The van der Waals surface area contributed by atoms with E-state index >= 15 is 0 Å². The molecule has 0 aromatic heterocycles. The summed E-state index contributed by atoms with van der Waals surface area (Å²) in [7, 11) is 3.48. The first-order valence-corrected chi connectivity index (χ1v) is 13.6. The largest absolute Gasteiger partial charge is 0.278 e. The second-order valence-corrected chi connectivity index (χ2v) is 11.8. The molecule has 0 unspecified atom stereocenters. The van der Waals surface area contributed by atoms with Crippen LogP contribution in [-0.4, -0.2) is 46.2 Å². The first-order chi connectivity index (χ1) is 18.7. The monoisotopic (exact) mass is 559 g/mol. The Bertz CT molecular complexity index is 1460. The minimum absolute atomic E-state index is 0.268. The number of anilines is 1. The smallest absolute Gasteiger partial charge is 0.274 e. The summed E-state index contributed by atoms with van der Waals surface area (Å²) in [4.78, 5) is 43.8. The lowest BCUT2D eigenvalue weighted by Gasteiger charge is -2.52. The molecule has 2 heterocycles. The van der Waals surface area contributed by atoms with Gasteiger partial charge in [0.2, 0.25) is 16.1 Å². The van der Waals surface area contributed by atoms with E-state index in [0.717, 1.165) is 11.1 Å². The van der Waals surface area contributed by atoms with E-state index in [2.05, 4.69) is 0 Å². The Morgan fingerprint density at radius 1 is 0.692 bits per heavy atom. The van der Waals surface area contributed by atoms with Gasteiger partial charge in [-0.25, -0.2) is 10.0 Å². The van der Waals surface area contributed by atoms with Crippen molar-refractivity contribution in [2.45, 2.75) is 16.2 Å². The van der Waals surface area contributed by atoms with Gasteiger partial charge < -0.3 is 0 Å². The number of hydrazine groups is 1. The normalized spacial score (nSPS) is 27.9. The van der Waals surface area contributed by atoms with Gasteiger partial charge in [-0.05, 0) is 23.3 Å². The van der Waals surface area contributed by atoms with Gasteiger partial charge in [0.1, 0.15) is 0 Å². The number of nitrogens with zero attached hydrogens (tertiary/aromatic N) is 3. The summed E-state index contributed by atoms with van der Waals surface area (Å²) in [6.07, 6.45) is 1.97. The Labute approximate surface area is 237 Å². The van der Waals surface area contributed by atoms with Gasteiger partial charge in [-0.15, -0.1) is 0 Å². The summed E-state index contributed by atoms with van der Waals surface area (Å²) in [5, 5.41) is 3.11. The summed E-state index contributed by atoms with van der Waals surface area (Å²) >= 11 is 13.9. The molecule has 0 bridgehead atoms. The Kier molecular flexibility index (Phi) is 6.37. The van der Waals surface area contributed by atoms with Crippen molar-refractivity contribution in [1.29, 1.82) is 0 Å². The molecule has 6 rings (SSSR count). The lowest BCUT2D eigenvalue weighted by atomic mass is 9.61. The Balaban J connectivity index is 1.62. The number of hydrogen-bond acceptors (Lipinski definition) is 4. The zero-order valence-corrected chi connectivity index (χ0v) is 23.0. The van der Waals surface area contributed by atoms with E-state index in [1.807, 2.05) is 72.8 Å². The highest BCUT2D eigenvalue weighted by Crippen LogP contribution is 2.60. The molecule has 2 fully saturated rings. The summed E-state index contributed by atoms with van der Waals surface area (Å²) in [6.45, 7) is 0. The number of carbonyl (C=O) groups is 3. The number of piperidine rings is 1. The van der Waals surface area contributed by atoms with E-state index in [1.54, 1.807) is 43.4 Å². The second kappa shape index (κ2) is 9.63. The molecule has 0 spiro atoms. The lowest BCUT2D eigenvalue weighted by molar-refractivity contribution is -0.149. The van der Waals surface area contributed by atoms with Crippen LogP contribution in [0.5, 0.6) is 0 Å². The van der Waals surface area contributed by atoms with Gasteiger partial charge in [-0.3, -0.25) is 19.3 Å². The minimum Gasteiger partial charge on any atom is -0.274 e. The van der Waals surface area contributed by atoms with Gasteiger partial charge in [0.25, 0.3) is 5.91 Å². The third-order valence-corrected chi connectivity index (χ3v) is 8.89. The first kappa shape index (κ1) is 25.8. The molecular formula is C31H27Cl2N3O3. The standard InChI is InChI=1S/C31H27Cl2N3O3/c1-34(2)36-23-18-22(19-12-6-3-7-13-19)24-26(29(38)35(28(24)37)21-16-10-5-11-17-21)25(23)27(31(32,33)30(36)39)20-14-8-4-9-15-20/h3-18,22,24-27H,1-2H3/t22-,24-,25-,26-,27-/m1/s1. The summed E-state index contributed by atoms with van der Waals surface area (Å²) in [5.41, 5.74) is 2.78. The number of para-hydroxylation sites is 1. The zero-order chi connectivity index (χ0) is 27.5. The molecule has 39 heavy (non-hydrogen) atoms. The van der Waals surface area contributed by atoms with Gasteiger partial charge in [0.05, 0.1) is 17.5 Å². The zero-order valence-electron chi connectivity index (χ0n) is 21.4. The van der Waals surface area contributed by atoms with Crippen LogP contribution in [-0.2, 0) is 14.4 Å². The van der Waals surface area contributed by atoms with Crippen LogP contribution >= 0.6 is 23.2 Å². The number of allylic oxidation sites excluding steroid dienone is 2. The summed E-state index contributed by atoms with van der Waals surface area (Å²) in [6, 6.07) is 27.9. The molecular weight excluding hydrogens is 533 g/mol. The van der Waals surface area contributed by atoms with Crippen molar-refractivity contribution in [2.75, 3.05) is 19.0 Å². The topological polar surface area (TPSA) is 60.9 Å². The molecule has 2 saturated heterocycles. The number of imide groups is 1. The summed E-state index contributed by atoms with van der Waals surface area (Å²) < 4.78 is -1.87. The van der Waals surface area contributed by atoms with Crippen LogP contribution < -0.4 is 4.90 Å².